The minimum absolute atomic E-state index is 0. The number of piperidine rings is 1. The van der Waals surface area contributed by atoms with Gasteiger partial charge in [0.2, 0.25) is 0 Å². The Morgan fingerprint density at radius 1 is 1.00 bits per heavy atom. The molecule has 1 heterocycles. The van der Waals surface area contributed by atoms with Crippen molar-refractivity contribution < 1.29 is 26.5 Å². The third-order valence-electron chi connectivity index (χ3n) is 5.61. The Hall–Kier alpha value is -1.62. The van der Waals surface area contributed by atoms with E-state index in [-0.39, 0.29) is 24.9 Å². The molecule has 6 nitrogen and oxygen atoms in total. The fraction of sp³-hybridized carbons (Fsp3) is 0.429. The van der Waals surface area contributed by atoms with Gasteiger partial charge in [-0.3, -0.25) is 4.18 Å². The van der Waals surface area contributed by atoms with E-state index in [9.17, 15) is 22.3 Å². The smallest absolute Gasteiger partial charge is 0.333 e. The van der Waals surface area contributed by atoms with Crippen molar-refractivity contribution in [1.29, 1.82) is 0 Å². The van der Waals surface area contributed by atoms with Crippen LogP contribution >= 0.6 is 12.4 Å². The lowest BCUT2D eigenvalue weighted by atomic mass is 9.72. The van der Waals surface area contributed by atoms with Crippen LogP contribution in [0, 0.1) is 17.6 Å². The summed E-state index contributed by atoms with van der Waals surface area (Å²) >= 11 is 0. The largest absolute Gasteiger partial charge is 0.380 e. The molecule has 1 aliphatic rings. The SMILES string of the molecule is Cl.NS(=O)(=O)OCCCN1CCC(C(O)(c2ccc(F)cc2)c2ccc(F)cc2)CC1. The molecule has 1 saturated heterocycles. The quantitative estimate of drug-likeness (QED) is 0.571. The summed E-state index contributed by atoms with van der Waals surface area (Å²) in [6.07, 6.45) is 1.85. The zero-order chi connectivity index (χ0) is 21.8. The van der Waals surface area contributed by atoms with Crippen LogP contribution in [0.4, 0.5) is 8.78 Å². The molecule has 0 saturated carbocycles. The van der Waals surface area contributed by atoms with Gasteiger partial charge in [-0.15, -0.1) is 12.4 Å². The predicted octanol–water partition coefficient (Wildman–Crippen LogP) is 2.94. The second-order valence-electron chi connectivity index (χ2n) is 7.56. The van der Waals surface area contributed by atoms with Gasteiger partial charge in [0.25, 0.3) is 0 Å². The number of halogens is 3. The van der Waals surface area contributed by atoms with Crippen LogP contribution in [0.3, 0.4) is 0 Å². The van der Waals surface area contributed by atoms with Crippen LogP contribution in [0.25, 0.3) is 0 Å². The average molecular weight is 477 g/mol. The van der Waals surface area contributed by atoms with Gasteiger partial charge < -0.3 is 10.0 Å². The van der Waals surface area contributed by atoms with Gasteiger partial charge in [-0.05, 0) is 73.7 Å². The molecule has 0 spiro atoms. The maximum atomic E-state index is 13.5. The molecule has 31 heavy (non-hydrogen) atoms. The Balaban J connectivity index is 0.00000341. The van der Waals surface area contributed by atoms with Crippen molar-refractivity contribution in [3.8, 4) is 0 Å². The summed E-state index contributed by atoms with van der Waals surface area (Å²) in [5.74, 6) is -0.932. The van der Waals surface area contributed by atoms with E-state index in [0.717, 1.165) is 0 Å². The first kappa shape index (κ1) is 25.6. The molecule has 3 N–H and O–H groups in total. The topological polar surface area (TPSA) is 92.9 Å². The zero-order valence-electron chi connectivity index (χ0n) is 16.9. The van der Waals surface area contributed by atoms with Crippen LogP contribution in [0.5, 0.6) is 0 Å². The molecule has 0 aromatic heterocycles. The molecular formula is C21H27ClF2N2O4S. The van der Waals surface area contributed by atoms with Crippen molar-refractivity contribution in [3.05, 3.63) is 71.3 Å². The van der Waals surface area contributed by atoms with Gasteiger partial charge in [-0.2, -0.15) is 8.42 Å². The van der Waals surface area contributed by atoms with Crippen LogP contribution in [-0.4, -0.2) is 44.7 Å². The molecule has 10 heteroatoms. The maximum Gasteiger partial charge on any atom is 0.333 e. The molecule has 0 amide bonds. The Labute approximate surface area is 187 Å². The van der Waals surface area contributed by atoms with Crippen LogP contribution in [0.1, 0.15) is 30.4 Å². The van der Waals surface area contributed by atoms with Crippen LogP contribution in [0.2, 0.25) is 0 Å². The number of aliphatic hydroxyl groups is 1. The molecule has 1 fully saturated rings. The summed E-state index contributed by atoms with van der Waals surface area (Å²) in [5, 5.41) is 16.6. The van der Waals surface area contributed by atoms with Gasteiger partial charge in [-0.25, -0.2) is 13.9 Å². The van der Waals surface area contributed by atoms with Gasteiger partial charge in [0, 0.05) is 6.54 Å². The molecule has 2 aromatic rings. The summed E-state index contributed by atoms with van der Waals surface area (Å²) < 4.78 is 53.1. The molecule has 2 aromatic carbocycles. The summed E-state index contributed by atoms with van der Waals surface area (Å²) in [7, 11) is -3.93. The van der Waals surface area contributed by atoms with E-state index < -0.39 is 27.5 Å². The Morgan fingerprint density at radius 2 is 1.45 bits per heavy atom. The first-order valence-corrected chi connectivity index (χ1v) is 11.3. The van der Waals surface area contributed by atoms with Gasteiger partial charge in [0.05, 0.1) is 6.61 Å². The fourth-order valence-electron chi connectivity index (χ4n) is 4.08. The highest BCUT2D eigenvalue weighted by atomic mass is 35.5. The highest BCUT2D eigenvalue weighted by Gasteiger charge is 2.41. The number of benzene rings is 2. The van der Waals surface area contributed by atoms with Crippen molar-refractivity contribution in [3.63, 3.8) is 0 Å². The summed E-state index contributed by atoms with van der Waals surface area (Å²) in [5.41, 5.74) is -0.240. The molecule has 1 aliphatic heterocycles. The van der Waals surface area contributed by atoms with Gasteiger partial charge >= 0.3 is 10.3 Å². The number of likely N-dealkylation sites (tertiary alicyclic amines) is 1. The van der Waals surface area contributed by atoms with Crippen LogP contribution in [-0.2, 0) is 20.1 Å². The van der Waals surface area contributed by atoms with Gasteiger partial charge in [0.1, 0.15) is 17.2 Å². The Kier molecular flexibility index (Phi) is 8.93. The van der Waals surface area contributed by atoms with Crippen molar-refractivity contribution in [2.75, 3.05) is 26.2 Å². The summed E-state index contributed by atoms with van der Waals surface area (Å²) in [6.45, 7) is 2.07. The molecular weight excluding hydrogens is 450 g/mol. The summed E-state index contributed by atoms with van der Waals surface area (Å²) in [6, 6.07) is 11.5. The maximum absolute atomic E-state index is 13.5. The van der Waals surface area contributed by atoms with Gasteiger partial charge in [0.15, 0.2) is 0 Å². The van der Waals surface area contributed by atoms with Crippen molar-refractivity contribution in [2.24, 2.45) is 11.1 Å². The number of hydrogen-bond donors (Lipinski definition) is 2. The van der Waals surface area contributed by atoms with E-state index in [1.807, 2.05) is 0 Å². The highest BCUT2D eigenvalue weighted by molar-refractivity contribution is 7.84. The van der Waals surface area contributed by atoms with E-state index >= 15 is 0 Å². The molecule has 172 valence electrons. The zero-order valence-corrected chi connectivity index (χ0v) is 18.5. The number of nitrogens with zero attached hydrogens (tertiary/aromatic N) is 1. The van der Waals surface area contributed by atoms with E-state index in [2.05, 4.69) is 9.08 Å². The first-order chi connectivity index (χ1) is 14.2. The van der Waals surface area contributed by atoms with E-state index in [4.69, 9.17) is 5.14 Å². The monoisotopic (exact) mass is 476 g/mol. The van der Waals surface area contributed by atoms with Crippen molar-refractivity contribution in [2.45, 2.75) is 24.9 Å². The standard InChI is InChI=1S/C21H26F2N2O4S.ClH/c22-19-6-2-16(3-7-19)21(26,17-4-8-20(23)9-5-17)18-10-13-25(14-11-18)12-1-15-29-30(24,27)28;/h2-9,18,26H,1,10-15H2,(H2,24,27,28);1H. The normalized spacial score (nSPS) is 16.1. The summed E-state index contributed by atoms with van der Waals surface area (Å²) in [4.78, 5) is 2.17. The lowest BCUT2D eigenvalue weighted by Gasteiger charge is -2.42. The lowest BCUT2D eigenvalue weighted by molar-refractivity contribution is -0.0146. The third kappa shape index (κ3) is 6.68. The minimum atomic E-state index is -3.93. The van der Waals surface area contributed by atoms with E-state index in [1.54, 1.807) is 24.3 Å². The van der Waals surface area contributed by atoms with Gasteiger partial charge in [-0.1, -0.05) is 24.3 Å². The molecule has 0 atom stereocenters. The number of rotatable bonds is 8. The first-order valence-electron chi connectivity index (χ1n) is 9.82. The fourth-order valence-corrected chi connectivity index (χ4v) is 4.43. The molecule has 0 aliphatic carbocycles. The molecule has 0 bridgehead atoms. The van der Waals surface area contributed by atoms with E-state index in [0.29, 0.717) is 50.0 Å². The Morgan fingerprint density at radius 3 is 1.87 bits per heavy atom. The molecule has 0 radical (unpaired) electrons. The lowest BCUT2D eigenvalue weighted by Crippen LogP contribution is -2.44. The van der Waals surface area contributed by atoms with Crippen LogP contribution in [0.15, 0.2) is 48.5 Å². The molecule has 3 rings (SSSR count). The average Bonchev–Trinajstić information content (AvgIpc) is 2.71. The second-order valence-corrected chi connectivity index (χ2v) is 8.79. The van der Waals surface area contributed by atoms with E-state index in [1.165, 1.54) is 24.3 Å². The Bertz CT molecular complexity index is 889. The number of hydrogen-bond acceptors (Lipinski definition) is 5. The highest BCUT2D eigenvalue weighted by Crippen LogP contribution is 2.42. The molecule has 0 unspecified atom stereocenters. The van der Waals surface area contributed by atoms with Crippen molar-refractivity contribution >= 4 is 22.7 Å². The van der Waals surface area contributed by atoms with Crippen molar-refractivity contribution in [1.82, 2.24) is 4.90 Å². The minimum Gasteiger partial charge on any atom is -0.380 e. The second kappa shape index (κ2) is 10.8. The predicted molar refractivity (Wildman–Crippen MR) is 116 cm³/mol. The number of nitrogens with two attached hydrogens (primary N) is 1. The van der Waals surface area contributed by atoms with Crippen LogP contribution < -0.4 is 5.14 Å². The third-order valence-corrected chi connectivity index (χ3v) is 6.11.